The van der Waals surface area contributed by atoms with E-state index in [0.29, 0.717) is 5.56 Å². The Kier molecular flexibility index (Phi) is 3.79. The molecule has 2 heterocycles. The average Bonchev–Trinajstić information content (AvgIpc) is 3.04. The lowest BCUT2D eigenvalue weighted by Crippen LogP contribution is -2.52. The maximum absolute atomic E-state index is 13.8. The van der Waals surface area contributed by atoms with Crippen molar-refractivity contribution in [1.29, 1.82) is 0 Å². The highest BCUT2D eigenvalue weighted by Crippen LogP contribution is 2.43. The van der Waals surface area contributed by atoms with Gasteiger partial charge in [0.25, 0.3) is 11.8 Å². The Morgan fingerprint density at radius 1 is 1.07 bits per heavy atom. The van der Waals surface area contributed by atoms with Gasteiger partial charge in [-0.25, -0.2) is 17.6 Å². The topological polar surface area (TPSA) is 113 Å². The number of anilines is 1. The predicted molar refractivity (Wildman–Crippen MR) is 95.5 cm³/mol. The van der Waals surface area contributed by atoms with E-state index >= 15 is 0 Å². The molecule has 8 nitrogen and oxygen atoms in total. The number of benzene rings is 2. The normalized spacial score (nSPS) is 21.1. The van der Waals surface area contributed by atoms with E-state index in [1.807, 2.05) is 5.32 Å². The number of sulfone groups is 1. The maximum Gasteiger partial charge on any atom is 0.323 e. The fourth-order valence-corrected chi connectivity index (χ4v) is 4.08. The van der Waals surface area contributed by atoms with E-state index in [1.54, 1.807) is 12.1 Å². The molecule has 28 heavy (non-hydrogen) atoms. The molecule has 1 unspecified atom stereocenters. The van der Waals surface area contributed by atoms with Gasteiger partial charge in [-0.1, -0.05) is 12.1 Å². The summed E-state index contributed by atoms with van der Waals surface area (Å²) in [7, 11) is -3.37. The van der Waals surface area contributed by atoms with Gasteiger partial charge >= 0.3 is 6.03 Å². The van der Waals surface area contributed by atoms with Gasteiger partial charge in [0, 0.05) is 11.8 Å². The van der Waals surface area contributed by atoms with E-state index < -0.39 is 39.0 Å². The van der Waals surface area contributed by atoms with Gasteiger partial charge in [-0.05, 0) is 35.9 Å². The Labute approximate surface area is 159 Å². The van der Waals surface area contributed by atoms with Crippen LogP contribution in [0.3, 0.4) is 0 Å². The third-order valence-corrected chi connectivity index (χ3v) is 5.91. The van der Waals surface area contributed by atoms with Crippen LogP contribution in [0.4, 0.5) is 14.9 Å². The van der Waals surface area contributed by atoms with Crippen molar-refractivity contribution < 1.29 is 27.2 Å². The van der Waals surface area contributed by atoms with Gasteiger partial charge in [0.2, 0.25) is 5.54 Å². The molecule has 0 saturated carbocycles. The third-order valence-electron chi connectivity index (χ3n) is 4.78. The molecular formula is C18H14FN3O5S. The van der Waals surface area contributed by atoms with Crippen molar-refractivity contribution in [2.45, 2.75) is 17.0 Å². The van der Waals surface area contributed by atoms with Crippen LogP contribution >= 0.6 is 0 Å². The molecule has 0 aliphatic carbocycles. The zero-order chi connectivity index (χ0) is 20.3. The SMILES string of the molecule is CS(=O)(=O)c1ccc(CN2C(=O)C3(NC(=O)NC3=O)c3cc(F)ccc32)cc1. The molecule has 2 aromatic rings. The van der Waals surface area contributed by atoms with Crippen LogP contribution in [-0.2, 0) is 31.5 Å². The number of carbonyl (C=O) groups excluding carboxylic acids is 3. The van der Waals surface area contributed by atoms with Crippen molar-refractivity contribution in [1.82, 2.24) is 10.6 Å². The molecule has 144 valence electrons. The fraction of sp³-hybridized carbons (Fsp3) is 0.167. The largest absolute Gasteiger partial charge is 0.323 e. The molecule has 0 radical (unpaired) electrons. The van der Waals surface area contributed by atoms with Crippen molar-refractivity contribution in [2.75, 3.05) is 11.2 Å². The second-order valence-electron chi connectivity index (χ2n) is 6.63. The van der Waals surface area contributed by atoms with Gasteiger partial charge in [0.15, 0.2) is 9.84 Å². The maximum atomic E-state index is 13.8. The van der Waals surface area contributed by atoms with Gasteiger partial charge in [-0.2, -0.15) is 0 Å². The van der Waals surface area contributed by atoms with Gasteiger partial charge in [-0.15, -0.1) is 0 Å². The quantitative estimate of drug-likeness (QED) is 0.582. The molecule has 2 aliphatic rings. The standard InChI is InChI=1S/C18H14FN3O5S/c1-28(26,27)12-5-2-10(3-6-12)9-22-14-7-4-11(19)8-13(14)18(16(22)24)15(23)20-17(25)21-18/h2-8H,9H2,1H3,(H2,20,21,23,25). The summed E-state index contributed by atoms with van der Waals surface area (Å²) in [5.41, 5.74) is -1.08. The second kappa shape index (κ2) is 5.86. The number of fused-ring (bicyclic) bond motifs is 2. The van der Waals surface area contributed by atoms with Crippen LogP contribution in [0.2, 0.25) is 0 Å². The number of hydrogen-bond donors (Lipinski definition) is 2. The molecule has 4 rings (SSSR count). The van der Waals surface area contributed by atoms with Gasteiger partial charge in [0.1, 0.15) is 5.82 Å². The van der Waals surface area contributed by atoms with Gasteiger partial charge in [-0.3, -0.25) is 14.9 Å². The molecule has 10 heteroatoms. The Morgan fingerprint density at radius 2 is 1.75 bits per heavy atom. The number of nitrogens with one attached hydrogen (secondary N) is 2. The summed E-state index contributed by atoms with van der Waals surface area (Å²) in [4.78, 5) is 38.6. The minimum atomic E-state index is -3.37. The molecule has 1 atom stereocenters. The number of carbonyl (C=O) groups is 3. The van der Waals surface area contributed by atoms with Crippen LogP contribution < -0.4 is 15.5 Å². The van der Waals surface area contributed by atoms with E-state index in [9.17, 15) is 27.2 Å². The Bertz CT molecular complexity index is 1150. The number of hydrogen-bond acceptors (Lipinski definition) is 5. The van der Waals surface area contributed by atoms with Crippen LogP contribution in [0.5, 0.6) is 0 Å². The summed E-state index contributed by atoms with van der Waals surface area (Å²) in [6, 6.07) is 8.64. The van der Waals surface area contributed by atoms with E-state index in [2.05, 4.69) is 5.32 Å². The highest BCUT2D eigenvalue weighted by Gasteiger charge is 2.61. The van der Waals surface area contributed by atoms with Crippen LogP contribution in [0, 0.1) is 5.82 Å². The predicted octanol–water partition coefficient (Wildman–Crippen LogP) is 0.811. The van der Waals surface area contributed by atoms with Crippen molar-refractivity contribution >= 4 is 33.4 Å². The lowest BCUT2D eigenvalue weighted by Gasteiger charge is -2.21. The summed E-state index contributed by atoms with van der Waals surface area (Å²) in [5, 5.41) is 4.34. The van der Waals surface area contributed by atoms with E-state index in [4.69, 9.17) is 0 Å². The van der Waals surface area contributed by atoms with E-state index in [1.165, 1.54) is 23.1 Å². The monoisotopic (exact) mass is 403 g/mol. The molecule has 2 aromatic carbocycles. The first-order valence-electron chi connectivity index (χ1n) is 8.17. The number of rotatable bonds is 3. The summed E-state index contributed by atoms with van der Waals surface area (Å²) in [6.45, 7) is 0.00636. The first-order valence-corrected chi connectivity index (χ1v) is 10.1. The zero-order valence-electron chi connectivity index (χ0n) is 14.5. The summed E-state index contributed by atoms with van der Waals surface area (Å²) >= 11 is 0. The fourth-order valence-electron chi connectivity index (χ4n) is 3.45. The highest BCUT2D eigenvalue weighted by atomic mass is 32.2. The minimum absolute atomic E-state index is 0.00636. The van der Waals surface area contributed by atoms with Crippen LogP contribution in [0.1, 0.15) is 11.1 Å². The second-order valence-corrected chi connectivity index (χ2v) is 8.64. The third kappa shape index (κ3) is 2.56. The number of urea groups is 1. The first-order chi connectivity index (χ1) is 13.1. The number of amides is 4. The minimum Gasteiger partial charge on any atom is -0.312 e. The molecule has 0 bridgehead atoms. The van der Waals surface area contributed by atoms with E-state index in [0.717, 1.165) is 18.4 Å². The number of imide groups is 1. The van der Waals surface area contributed by atoms with E-state index in [-0.39, 0.29) is 22.7 Å². The number of halogens is 1. The molecule has 1 spiro atoms. The summed E-state index contributed by atoms with van der Waals surface area (Å²) in [6.07, 6.45) is 1.09. The van der Waals surface area contributed by atoms with Crippen LogP contribution in [0.15, 0.2) is 47.4 Å². The van der Waals surface area contributed by atoms with Crippen molar-refractivity contribution in [3.63, 3.8) is 0 Å². The summed E-state index contributed by atoms with van der Waals surface area (Å²) < 4.78 is 37.0. The molecule has 1 fully saturated rings. The molecule has 2 aliphatic heterocycles. The molecule has 0 aromatic heterocycles. The lowest BCUT2D eigenvalue weighted by atomic mass is 9.91. The Hall–Kier alpha value is -3.27. The lowest BCUT2D eigenvalue weighted by molar-refractivity contribution is -0.134. The van der Waals surface area contributed by atoms with Crippen LogP contribution in [-0.4, -0.2) is 32.5 Å². The zero-order valence-corrected chi connectivity index (χ0v) is 15.3. The molecular weight excluding hydrogens is 389 g/mol. The van der Waals surface area contributed by atoms with Gasteiger partial charge < -0.3 is 10.2 Å². The molecule has 4 amide bonds. The number of nitrogens with zero attached hydrogens (tertiary/aromatic N) is 1. The Morgan fingerprint density at radius 3 is 2.32 bits per heavy atom. The molecule has 1 saturated heterocycles. The van der Waals surface area contributed by atoms with Crippen LogP contribution in [0.25, 0.3) is 0 Å². The average molecular weight is 403 g/mol. The molecule has 2 N–H and O–H groups in total. The summed E-state index contributed by atoms with van der Waals surface area (Å²) in [5.74, 6) is -2.24. The van der Waals surface area contributed by atoms with Crippen molar-refractivity contribution in [3.05, 3.63) is 59.4 Å². The van der Waals surface area contributed by atoms with Crippen molar-refractivity contribution in [3.8, 4) is 0 Å². The Balaban J connectivity index is 1.76. The van der Waals surface area contributed by atoms with Gasteiger partial charge in [0.05, 0.1) is 17.1 Å². The first kappa shape index (κ1) is 18.1. The smallest absolute Gasteiger partial charge is 0.312 e. The highest BCUT2D eigenvalue weighted by molar-refractivity contribution is 7.90. The van der Waals surface area contributed by atoms with Crippen molar-refractivity contribution in [2.24, 2.45) is 0 Å².